The number of hydrogen-bond donors (Lipinski definition) is 0. The fourth-order valence-electron chi connectivity index (χ4n) is 3.70. The second-order valence-electron chi connectivity index (χ2n) is 6.94. The molecule has 132 valence electrons. The molecule has 0 amide bonds. The lowest BCUT2D eigenvalue weighted by Crippen LogP contribution is -2.62. The van der Waals surface area contributed by atoms with Gasteiger partial charge in [-0.15, -0.1) is 0 Å². The van der Waals surface area contributed by atoms with Crippen LogP contribution >= 0.6 is 0 Å². The van der Waals surface area contributed by atoms with E-state index in [1.165, 1.54) is 0 Å². The van der Waals surface area contributed by atoms with Crippen LogP contribution in [0.1, 0.15) is 11.4 Å². The number of nitrogens with zero attached hydrogens (tertiary/aromatic N) is 5. The van der Waals surface area contributed by atoms with Crippen molar-refractivity contribution >= 4 is 5.69 Å². The van der Waals surface area contributed by atoms with Crippen LogP contribution in [0.3, 0.4) is 0 Å². The first-order valence-electron chi connectivity index (χ1n) is 8.92. The molecule has 0 atom stereocenters. The lowest BCUT2D eigenvalue weighted by molar-refractivity contribution is 0.0247. The maximum atomic E-state index is 13.1. The first-order valence-corrected chi connectivity index (χ1v) is 8.92. The molecule has 0 N–H and O–H groups in total. The minimum Gasteiger partial charge on any atom is -0.369 e. The topological polar surface area (TPSA) is 35.5 Å². The van der Waals surface area contributed by atoms with E-state index in [0.29, 0.717) is 6.04 Å². The van der Waals surface area contributed by atoms with Crippen LogP contribution in [0.15, 0.2) is 36.7 Å². The van der Waals surface area contributed by atoms with Crippen molar-refractivity contribution in [1.29, 1.82) is 0 Å². The molecule has 1 aromatic carbocycles. The second-order valence-corrected chi connectivity index (χ2v) is 6.94. The summed E-state index contributed by atoms with van der Waals surface area (Å²) in [6, 6.07) is 7.48. The Bertz CT molecular complexity index is 706. The standard InChI is InChI=1S/C19H24FN5/c1-15-19(22-7-6-21-15)14-23-12-18(13-23)25-10-8-24(9-11-25)17-4-2-16(20)3-5-17/h2-7,18H,8-14H2,1H3. The van der Waals surface area contributed by atoms with Crippen molar-refractivity contribution < 1.29 is 4.39 Å². The molecule has 0 bridgehead atoms. The van der Waals surface area contributed by atoms with Gasteiger partial charge in [0.2, 0.25) is 0 Å². The Labute approximate surface area is 148 Å². The molecule has 3 heterocycles. The molecular weight excluding hydrogens is 317 g/mol. The van der Waals surface area contributed by atoms with Gasteiger partial charge in [0.05, 0.1) is 11.4 Å². The Hall–Kier alpha value is -2.05. The monoisotopic (exact) mass is 341 g/mol. The van der Waals surface area contributed by atoms with E-state index in [0.717, 1.165) is 62.9 Å². The van der Waals surface area contributed by atoms with Gasteiger partial charge in [-0.3, -0.25) is 19.8 Å². The number of rotatable bonds is 4. The lowest BCUT2D eigenvalue weighted by atomic mass is 10.1. The molecule has 2 fully saturated rings. The van der Waals surface area contributed by atoms with Gasteiger partial charge in [0.15, 0.2) is 0 Å². The summed E-state index contributed by atoms with van der Waals surface area (Å²) in [4.78, 5) is 16.1. The van der Waals surface area contributed by atoms with Gasteiger partial charge >= 0.3 is 0 Å². The normalized spacial score (nSPS) is 19.8. The minimum absolute atomic E-state index is 0.171. The first-order chi connectivity index (χ1) is 12.2. The van der Waals surface area contributed by atoms with Gasteiger partial charge in [0.25, 0.3) is 0 Å². The molecule has 5 nitrogen and oxygen atoms in total. The minimum atomic E-state index is -0.171. The highest BCUT2D eigenvalue weighted by Crippen LogP contribution is 2.22. The van der Waals surface area contributed by atoms with Crippen LogP contribution in [0.4, 0.5) is 10.1 Å². The third-order valence-corrected chi connectivity index (χ3v) is 5.32. The molecule has 2 aliphatic rings. The highest BCUT2D eigenvalue weighted by Gasteiger charge is 2.33. The molecule has 2 saturated heterocycles. The lowest BCUT2D eigenvalue weighted by Gasteiger charge is -2.48. The molecule has 0 radical (unpaired) electrons. The van der Waals surface area contributed by atoms with Gasteiger partial charge in [0.1, 0.15) is 5.82 Å². The third kappa shape index (κ3) is 3.65. The number of hydrogen-bond acceptors (Lipinski definition) is 5. The highest BCUT2D eigenvalue weighted by atomic mass is 19.1. The molecule has 1 aromatic heterocycles. The molecule has 0 unspecified atom stereocenters. The highest BCUT2D eigenvalue weighted by molar-refractivity contribution is 5.46. The summed E-state index contributed by atoms with van der Waals surface area (Å²) < 4.78 is 13.1. The largest absolute Gasteiger partial charge is 0.369 e. The summed E-state index contributed by atoms with van der Waals surface area (Å²) >= 11 is 0. The predicted octanol–water partition coefficient (Wildman–Crippen LogP) is 1.93. The third-order valence-electron chi connectivity index (χ3n) is 5.32. The van der Waals surface area contributed by atoms with Crippen LogP contribution in [0.2, 0.25) is 0 Å². The Balaban J connectivity index is 1.24. The van der Waals surface area contributed by atoms with Crippen molar-refractivity contribution in [3.63, 3.8) is 0 Å². The van der Waals surface area contributed by atoms with E-state index in [4.69, 9.17) is 0 Å². The molecule has 0 spiro atoms. The Morgan fingerprint density at radius 3 is 2.36 bits per heavy atom. The Kier molecular flexibility index (Phi) is 4.63. The van der Waals surface area contributed by atoms with Crippen LogP contribution in [0.25, 0.3) is 0 Å². The van der Waals surface area contributed by atoms with Crippen LogP contribution in [-0.2, 0) is 6.54 Å². The zero-order chi connectivity index (χ0) is 17.2. The summed E-state index contributed by atoms with van der Waals surface area (Å²) in [5.41, 5.74) is 3.23. The van der Waals surface area contributed by atoms with E-state index >= 15 is 0 Å². The predicted molar refractivity (Wildman–Crippen MR) is 96.0 cm³/mol. The van der Waals surface area contributed by atoms with Crippen molar-refractivity contribution in [3.05, 3.63) is 53.9 Å². The van der Waals surface area contributed by atoms with E-state index in [1.807, 2.05) is 19.1 Å². The summed E-state index contributed by atoms with van der Waals surface area (Å²) in [6.07, 6.45) is 3.52. The number of likely N-dealkylation sites (tertiary alicyclic amines) is 1. The zero-order valence-electron chi connectivity index (χ0n) is 14.6. The van der Waals surface area contributed by atoms with E-state index in [-0.39, 0.29) is 5.82 Å². The van der Waals surface area contributed by atoms with Crippen molar-refractivity contribution in [2.45, 2.75) is 19.5 Å². The van der Waals surface area contributed by atoms with E-state index < -0.39 is 0 Å². The summed E-state index contributed by atoms with van der Waals surface area (Å²) in [5, 5.41) is 0. The number of halogens is 1. The van der Waals surface area contributed by atoms with Crippen molar-refractivity contribution in [2.24, 2.45) is 0 Å². The summed E-state index contributed by atoms with van der Waals surface area (Å²) in [7, 11) is 0. The van der Waals surface area contributed by atoms with Gasteiger partial charge in [-0.05, 0) is 31.2 Å². The Morgan fingerprint density at radius 2 is 1.68 bits per heavy atom. The summed E-state index contributed by atoms with van der Waals surface area (Å²) in [6.45, 7) is 9.27. The quantitative estimate of drug-likeness (QED) is 0.849. The number of aryl methyl sites for hydroxylation is 1. The van der Waals surface area contributed by atoms with Gasteiger partial charge in [0, 0.05) is 69.9 Å². The van der Waals surface area contributed by atoms with Crippen LogP contribution < -0.4 is 4.90 Å². The van der Waals surface area contributed by atoms with Crippen LogP contribution in [0, 0.1) is 12.7 Å². The van der Waals surface area contributed by atoms with Crippen molar-refractivity contribution in [3.8, 4) is 0 Å². The Morgan fingerprint density at radius 1 is 1.00 bits per heavy atom. The van der Waals surface area contributed by atoms with Crippen LogP contribution in [-0.4, -0.2) is 65.1 Å². The fraction of sp³-hybridized carbons (Fsp3) is 0.474. The molecule has 25 heavy (non-hydrogen) atoms. The number of piperazine rings is 1. The average molecular weight is 341 g/mol. The van der Waals surface area contributed by atoms with E-state index in [2.05, 4.69) is 24.7 Å². The summed E-state index contributed by atoms with van der Waals surface area (Å²) in [5.74, 6) is -0.171. The van der Waals surface area contributed by atoms with Crippen molar-refractivity contribution in [1.82, 2.24) is 19.8 Å². The smallest absolute Gasteiger partial charge is 0.123 e. The van der Waals surface area contributed by atoms with Gasteiger partial charge in [-0.2, -0.15) is 0 Å². The molecular formula is C19H24FN5. The van der Waals surface area contributed by atoms with E-state index in [9.17, 15) is 4.39 Å². The number of aromatic nitrogens is 2. The number of benzene rings is 1. The number of anilines is 1. The fourth-order valence-corrected chi connectivity index (χ4v) is 3.70. The molecule has 6 heteroatoms. The van der Waals surface area contributed by atoms with Gasteiger partial charge in [-0.1, -0.05) is 0 Å². The second kappa shape index (κ2) is 7.06. The SMILES string of the molecule is Cc1nccnc1CN1CC(N2CCN(c3ccc(F)cc3)CC2)C1. The first kappa shape index (κ1) is 16.4. The molecule has 2 aromatic rings. The molecule has 0 saturated carbocycles. The van der Waals surface area contributed by atoms with Gasteiger partial charge in [-0.25, -0.2) is 4.39 Å². The molecule has 2 aliphatic heterocycles. The van der Waals surface area contributed by atoms with Crippen LogP contribution in [0.5, 0.6) is 0 Å². The van der Waals surface area contributed by atoms with E-state index in [1.54, 1.807) is 24.5 Å². The van der Waals surface area contributed by atoms with Gasteiger partial charge < -0.3 is 4.90 Å². The molecule has 0 aliphatic carbocycles. The maximum absolute atomic E-state index is 13.1. The zero-order valence-corrected chi connectivity index (χ0v) is 14.6. The average Bonchev–Trinajstić information content (AvgIpc) is 2.60. The van der Waals surface area contributed by atoms with Crippen molar-refractivity contribution in [2.75, 3.05) is 44.2 Å². The molecule has 4 rings (SSSR count). The maximum Gasteiger partial charge on any atom is 0.123 e.